The predicted octanol–water partition coefficient (Wildman–Crippen LogP) is 9.44. The first-order chi connectivity index (χ1) is 25.7. The Morgan fingerprint density at radius 1 is 1.04 bits per heavy atom. The van der Waals surface area contributed by atoms with E-state index in [4.69, 9.17) is 39.8 Å². The number of hydrogen-bond donors (Lipinski definition) is 1. The minimum absolute atomic E-state index is 0.0736. The van der Waals surface area contributed by atoms with E-state index >= 15 is 4.39 Å². The second kappa shape index (κ2) is 12.6. The molecule has 1 amide bonds. The first-order valence-corrected chi connectivity index (χ1v) is 19.9. The molecule has 4 saturated heterocycles. The number of anilines is 1. The van der Waals surface area contributed by atoms with Gasteiger partial charge in [0.25, 0.3) is 0 Å². The van der Waals surface area contributed by atoms with Gasteiger partial charge in [0.15, 0.2) is 5.82 Å². The second-order valence-electron chi connectivity index (χ2n) is 15.8. The number of fused-ring (bicyclic) bond motifs is 6. The molecule has 1 N–H and O–H groups in total. The number of nitrogens with one attached hydrogen (secondary N) is 1. The molecule has 0 radical (unpaired) electrons. The highest BCUT2D eigenvalue weighted by Crippen LogP contribution is 2.54. The Morgan fingerprint density at radius 3 is 2.60 bits per heavy atom. The van der Waals surface area contributed by atoms with Gasteiger partial charge in [-0.3, -0.25) is 4.79 Å². The molecule has 3 aromatic carbocycles. The Bertz CT molecular complexity index is 2390. The van der Waals surface area contributed by atoms with Crippen molar-refractivity contribution in [3.8, 4) is 17.2 Å². The monoisotopic (exact) mass is 766 g/mol. The lowest BCUT2D eigenvalue weighted by molar-refractivity contribution is -0.135. The van der Waals surface area contributed by atoms with Gasteiger partial charge in [-0.05, 0) is 86.9 Å². The van der Waals surface area contributed by atoms with Crippen LogP contribution in [0.3, 0.4) is 0 Å². The lowest BCUT2D eigenvalue weighted by Crippen LogP contribution is -2.45. The Hall–Kier alpha value is -3.87. The lowest BCUT2D eigenvalue weighted by atomic mass is 9.79. The van der Waals surface area contributed by atoms with Crippen LogP contribution < -0.4 is 10.2 Å². The maximum Gasteiger partial charge on any atom is 0.226 e. The molecule has 4 bridgehead atoms. The number of aryl methyl sites for hydroxylation is 2. The third kappa shape index (κ3) is 5.22. The SMILES string of the molecule is Cc1nc2c(F)c(-c3cccc(Cl)c3Cl)c(CCC#N)cc2c2c1cc([C@H]1[C@H]3C[C@H](CN(c4cccc(Cl)c4)C3)N1C(=O)C1CC1)n2[C@H]1[C@H]2CN[C@@H]1C2. The van der Waals surface area contributed by atoms with E-state index in [1.54, 1.807) is 18.2 Å². The summed E-state index contributed by atoms with van der Waals surface area (Å²) in [5.74, 6) is 0.501. The largest absolute Gasteiger partial charge is 0.369 e. The van der Waals surface area contributed by atoms with E-state index in [1.807, 2.05) is 31.2 Å². The van der Waals surface area contributed by atoms with Crippen LogP contribution in [0, 0.1) is 41.8 Å². The summed E-state index contributed by atoms with van der Waals surface area (Å²) in [5.41, 5.74) is 5.68. The van der Waals surface area contributed by atoms with Crippen LogP contribution in [-0.2, 0) is 11.2 Å². The van der Waals surface area contributed by atoms with Gasteiger partial charge in [0, 0.05) is 87.9 Å². The molecule has 6 atom stereocenters. The summed E-state index contributed by atoms with van der Waals surface area (Å²) in [6.07, 6.45) is 4.47. The Labute approximate surface area is 322 Å². The molecule has 6 aliphatic rings. The van der Waals surface area contributed by atoms with Crippen molar-refractivity contribution >= 4 is 68.2 Å². The first-order valence-electron chi connectivity index (χ1n) is 18.8. The zero-order valence-corrected chi connectivity index (χ0v) is 31.5. The number of pyridine rings is 1. The predicted molar refractivity (Wildman–Crippen MR) is 208 cm³/mol. The van der Waals surface area contributed by atoms with Crippen LogP contribution in [0.5, 0.6) is 0 Å². The molecule has 4 aliphatic heterocycles. The van der Waals surface area contributed by atoms with Crippen molar-refractivity contribution in [2.24, 2.45) is 17.8 Å². The van der Waals surface area contributed by atoms with Gasteiger partial charge in [0.05, 0.1) is 39.8 Å². The van der Waals surface area contributed by atoms with Crippen LogP contribution >= 0.6 is 34.8 Å². The third-order valence-corrected chi connectivity index (χ3v) is 13.7. The van der Waals surface area contributed by atoms with Crippen LogP contribution in [0.4, 0.5) is 10.1 Å². The van der Waals surface area contributed by atoms with Crippen LogP contribution in [0.2, 0.25) is 15.1 Å². The van der Waals surface area contributed by atoms with Gasteiger partial charge in [-0.15, -0.1) is 0 Å². The molecule has 7 nitrogen and oxygen atoms in total. The minimum Gasteiger partial charge on any atom is -0.369 e. The number of nitriles is 1. The number of carbonyl (C=O) groups excluding carboxylic acids is 1. The normalized spacial score (nSPS) is 26.0. The molecule has 2 saturated carbocycles. The number of nitrogens with zero attached hydrogens (tertiary/aromatic N) is 5. The summed E-state index contributed by atoms with van der Waals surface area (Å²) in [6, 6.07) is 20.2. The Balaban J connectivity index is 1.21. The molecule has 6 heterocycles. The molecule has 53 heavy (non-hydrogen) atoms. The van der Waals surface area contributed by atoms with Crippen molar-refractivity contribution in [1.82, 2.24) is 19.8 Å². The Kier molecular flexibility index (Phi) is 8.00. The molecule has 2 aliphatic carbocycles. The molecule has 5 aromatic rings. The van der Waals surface area contributed by atoms with E-state index in [0.717, 1.165) is 78.7 Å². The van der Waals surface area contributed by atoms with Gasteiger partial charge in [-0.25, -0.2) is 9.37 Å². The quantitative estimate of drug-likeness (QED) is 0.179. The van der Waals surface area contributed by atoms with Crippen molar-refractivity contribution in [3.05, 3.63) is 92.4 Å². The summed E-state index contributed by atoms with van der Waals surface area (Å²) in [6.45, 7) is 4.45. The van der Waals surface area contributed by atoms with Gasteiger partial charge in [0.2, 0.25) is 5.91 Å². The van der Waals surface area contributed by atoms with Crippen molar-refractivity contribution in [1.29, 1.82) is 5.26 Å². The topological polar surface area (TPSA) is 77.2 Å². The summed E-state index contributed by atoms with van der Waals surface area (Å²) >= 11 is 19.6. The van der Waals surface area contributed by atoms with E-state index in [2.05, 4.69) is 37.9 Å². The molecule has 0 spiro atoms. The van der Waals surface area contributed by atoms with Gasteiger partial charge < -0.3 is 19.7 Å². The average Bonchev–Trinajstić information content (AvgIpc) is 3.43. The molecule has 2 aromatic heterocycles. The van der Waals surface area contributed by atoms with Gasteiger partial charge in [0.1, 0.15) is 5.52 Å². The fraction of sp³-hybridized carbons (Fsp3) is 0.405. The lowest BCUT2D eigenvalue weighted by Gasteiger charge is -2.40. The van der Waals surface area contributed by atoms with Crippen molar-refractivity contribution in [2.75, 3.05) is 24.5 Å². The maximum atomic E-state index is 17.3. The molecular formula is C42H38Cl3FN6O. The smallest absolute Gasteiger partial charge is 0.226 e. The molecular weight excluding hydrogens is 730 g/mol. The van der Waals surface area contributed by atoms with Gasteiger partial charge in [-0.2, -0.15) is 5.26 Å². The molecule has 11 rings (SSSR count). The summed E-state index contributed by atoms with van der Waals surface area (Å²) in [5, 5.41) is 16.4. The van der Waals surface area contributed by atoms with Gasteiger partial charge in [-0.1, -0.05) is 53.0 Å². The van der Waals surface area contributed by atoms with Gasteiger partial charge >= 0.3 is 0 Å². The third-order valence-electron chi connectivity index (χ3n) is 12.7. The summed E-state index contributed by atoms with van der Waals surface area (Å²) < 4.78 is 19.8. The van der Waals surface area contributed by atoms with Crippen LogP contribution in [-0.4, -0.2) is 52.1 Å². The summed E-state index contributed by atoms with van der Waals surface area (Å²) in [7, 11) is 0. The highest BCUT2D eigenvalue weighted by molar-refractivity contribution is 6.43. The van der Waals surface area contributed by atoms with Crippen LogP contribution in [0.25, 0.3) is 32.9 Å². The van der Waals surface area contributed by atoms with E-state index in [1.165, 1.54) is 0 Å². The summed E-state index contributed by atoms with van der Waals surface area (Å²) in [4.78, 5) is 24.0. The molecule has 11 heteroatoms. The second-order valence-corrected chi connectivity index (χ2v) is 17.0. The zero-order valence-electron chi connectivity index (χ0n) is 29.3. The highest BCUT2D eigenvalue weighted by atomic mass is 35.5. The van der Waals surface area contributed by atoms with Crippen LogP contribution in [0.1, 0.15) is 61.1 Å². The number of carbonyl (C=O) groups is 1. The number of likely N-dealkylation sites (tertiary alicyclic amines) is 1. The highest BCUT2D eigenvalue weighted by Gasteiger charge is 2.55. The number of amides is 1. The molecule has 6 fully saturated rings. The van der Waals surface area contributed by atoms with Crippen molar-refractivity contribution < 1.29 is 9.18 Å². The average molecular weight is 768 g/mol. The number of piperidine rings is 1. The molecule has 0 unspecified atom stereocenters. The van der Waals surface area contributed by atoms with Crippen molar-refractivity contribution in [3.63, 3.8) is 0 Å². The fourth-order valence-electron chi connectivity index (χ4n) is 10.2. The number of hydrogen-bond acceptors (Lipinski definition) is 5. The Morgan fingerprint density at radius 2 is 1.87 bits per heavy atom. The van der Waals surface area contributed by atoms with Crippen molar-refractivity contribution in [2.45, 2.75) is 69.6 Å². The van der Waals surface area contributed by atoms with E-state index in [9.17, 15) is 10.1 Å². The van der Waals surface area contributed by atoms with Crippen LogP contribution in [0.15, 0.2) is 54.6 Å². The number of rotatable bonds is 7. The standard InChI is InChI=1S/C42H38Cl3FN6O/c1-21-30-17-34(40-25-13-28(51(40)42(53)22-10-11-22)20-50(19-25)27-7-2-6-26(43)16-27)52(39-24-15-33(39)48-18-24)41(30)31-14-23(5-4-12-47)35(37(46)38(31)49-21)29-8-3-9-32(44)36(29)45/h2-3,6-9,14,16-17,22,24-25,28,33,39-40,48H,4-5,10-11,13,15,18-20H2,1H3/t24-,25+,28-,33-,39+,40-/m1/s1. The maximum absolute atomic E-state index is 17.3. The fourth-order valence-corrected chi connectivity index (χ4v) is 10.8. The minimum atomic E-state index is -0.465. The first kappa shape index (κ1) is 33.7. The van der Waals surface area contributed by atoms with E-state index in [-0.39, 0.29) is 52.8 Å². The van der Waals surface area contributed by atoms with E-state index in [0.29, 0.717) is 45.1 Å². The molecule has 270 valence electrons. The number of benzene rings is 3. The zero-order chi connectivity index (χ0) is 36.3. The number of aromatic nitrogens is 2. The van der Waals surface area contributed by atoms with E-state index < -0.39 is 5.82 Å². The number of halogens is 4.